The molecular weight excluding hydrogens is 370 g/mol. The van der Waals surface area contributed by atoms with Crippen LogP contribution in [0.3, 0.4) is 0 Å². The summed E-state index contributed by atoms with van der Waals surface area (Å²) in [5.74, 6) is 0.740. The van der Waals surface area contributed by atoms with Gasteiger partial charge in [0.05, 0.1) is 16.6 Å². The number of H-pyrrole nitrogens is 1. The Balaban J connectivity index is 1.59. The number of benzene rings is 4. The first-order valence-corrected chi connectivity index (χ1v) is 10.2. The molecule has 2 aromatic heterocycles. The van der Waals surface area contributed by atoms with Crippen LogP contribution >= 0.6 is 0 Å². The smallest absolute Gasteiger partial charge is 0.261 e. The van der Waals surface area contributed by atoms with E-state index in [9.17, 15) is 4.79 Å². The maximum absolute atomic E-state index is 13.4. The molecule has 0 unspecified atom stereocenters. The lowest BCUT2D eigenvalue weighted by molar-refractivity contribution is 0.653. The van der Waals surface area contributed by atoms with Crippen molar-refractivity contribution >= 4 is 43.4 Å². The van der Waals surface area contributed by atoms with Crippen molar-refractivity contribution < 1.29 is 0 Å². The van der Waals surface area contributed by atoms with Crippen molar-refractivity contribution in [3.63, 3.8) is 0 Å². The van der Waals surface area contributed by atoms with E-state index < -0.39 is 0 Å². The number of hydrogen-bond acceptors (Lipinski definition) is 2. The van der Waals surface area contributed by atoms with Gasteiger partial charge in [-0.05, 0) is 51.7 Å². The van der Waals surface area contributed by atoms with Gasteiger partial charge in [0.1, 0.15) is 0 Å². The third kappa shape index (κ3) is 2.00. The maximum Gasteiger partial charge on any atom is 0.261 e. The standard InChI is InChI=1S/C26H17N3O/c30-26-20-13-16-6-1-2-7-17(16)14-22(20)28-25-24-19(11-12-29(25)26)23-18-8-4-3-5-15(18)9-10-21(23)27-24/h1-10,13-14,27H,11-12H2. The van der Waals surface area contributed by atoms with Crippen LogP contribution in [0.15, 0.2) is 77.6 Å². The van der Waals surface area contributed by atoms with Gasteiger partial charge in [-0.2, -0.15) is 0 Å². The molecule has 1 aliphatic heterocycles. The summed E-state index contributed by atoms with van der Waals surface area (Å²) in [6.45, 7) is 0.646. The zero-order valence-electron chi connectivity index (χ0n) is 16.1. The summed E-state index contributed by atoms with van der Waals surface area (Å²) in [6.07, 6.45) is 0.816. The molecule has 4 heteroatoms. The monoisotopic (exact) mass is 387 g/mol. The van der Waals surface area contributed by atoms with Crippen LogP contribution in [0.5, 0.6) is 0 Å². The molecule has 0 amide bonds. The van der Waals surface area contributed by atoms with E-state index in [2.05, 4.69) is 47.4 Å². The zero-order valence-corrected chi connectivity index (χ0v) is 16.1. The molecule has 0 saturated carbocycles. The summed E-state index contributed by atoms with van der Waals surface area (Å²) in [5, 5.41) is 6.58. The van der Waals surface area contributed by atoms with Crippen LogP contribution in [0, 0.1) is 0 Å². The van der Waals surface area contributed by atoms with Crippen LogP contribution in [0.2, 0.25) is 0 Å². The minimum atomic E-state index is 0.0370. The maximum atomic E-state index is 13.4. The van der Waals surface area contributed by atoms with Gasteiger partial charge in [-0.1, -0.05) is 54.6 Å². The molecule has 30 heavy (non-hydrogen) atoms. The number of aryl methyl sites for hydroxylation is 1. The highest BCUT2D eigenvalue weighted by molar-refractivity contribution is 6.10. The van der Waals surface area contributed by atoms with Gasteiger partial charge in [0, 0.05) is 17.4 Å². The van der Waals surface area contributed by atoms with E-state index in [4.69, 9.17) is 4.98 Å². The van der Waals surface area contributed by atoms with Crippen molar-refractivity contribution in [2.24, 2.45) is 0 Å². The molecule has 4 aromatic carbocycles. The van der Waals surface area contributed by atoms with E-state index >= 15 is 0 Å². The second-order valence-corrected chi connectivity index (χ2v) is 8.05. The molecule has 0 bridgehead atoms. The quantitative estimate of drug-likeness (QED) is 0.355. The van der Waals surface area contributed by atoms with E-state index in [1.54, 1.807) is 0 Å². The molecule has 0 radical (unpaired) electrons. The molecule has 0 saturated heterocycles. The minimum absolute atomic E-state index is 0.0370. The van der Waals surface area contributed by atoms with Gasteiger partial charge in [0.25, 0.3) is 5.56 Å². The van der Waals surface area contributed by atoms with Gasteiger partial charge in [-0.15, -0.1) is 0 Å². The predicted octanol–water partition coefficient (Wildman–Crippen LogP) is 5.41. The van der Waals surface area contributed by atoms with Gasteiger partial charge >= 0.3 is 0 Å². The van der Waals surface area contributed by atoms with Crippen LogP contribution < -0.4 is 5.56 Å². The molecule has 0 spiro atoms. The Kier molecular flexibility index (Phi) is 2.96. The summed E-state index contributed by atoms with van der Waals surface area (Å²) >= 11 is 0. The molecule has 1 aliphatic rings. The van der Waals surface area contributed by atoms with Gasteiger partial charge in [-0.25, -0.2) is 4.98 Å². The first-order chi connectivity index (χ1) is 14.8. The fraction of sp³-hybridized carbons (Fsp3) is 0.0769. The molecular formula is C26H17N3O. The lowest BCUT2D eigenvalue weighted by Gasteiger charge is -2.19. The number of rotatable bonds is 0. The number of fused-ring (bicyclic) bond motifs is 9. The van der Waals surface area contributed by atoms with Crippen molar-refractivity contribution in [2.75, 3.05) is 0 Å². The summed E-state index contributed by atoms with van der Waals surface area (Å²) in [4.78, 5) is 21.9. The summed E-state index contributed by atoms with van der Waals surface area (Å²) in [7, 11) is 0. The molecule has 0 atom stereocenters. The highest BCUT2D eigenvalue weighted by atomic mass is 16.1. The van der Waals surface area contributed by atoms with Gasteiger partial charge in [0.15, 0.2) is 5.82 Å². The summed E-state index contributed by atoms with van der Waals surface area (Å²) < 4.78 is 1.83. The Morgan fingerprint density at radius 1 is 0.833 bits per heavy atom. The molecule has 3 heterocycles. The number of aromatic nitrogens is 3. The predicted molar refractivity (Wildman–Crippen MR) is 122 cm³/mol. The van der Waals surface area contributed by atoms with Crippen molar-refractivity contribution in [3.05, 3.63) is 88.7 Å². The number of nitrogens with one attached hydrogen (secondary N) is 1. The molecule has 6 aromatic rings. The lowest BCUT2D eigenvalue weighted by atomic mass is 9.98. The fourth-order valence-electron chi connectivity index (χ4n) is 5.01. The van der Waals surface area contributed by atoms with E-state index in [0.717, 1.165) is 39.7 Å². The lowest BCUT2D eigenvalue weighted by Crippen LogP contribution is -2.27. The molecule has 7 rings (SSSR count). The Morgan fingerprint density at radius 2 is 1.60 bits per heavy atom. The first-order valence-electron chi connectivity index (χ1n) is 10.2. The number of aromatic amines is 1. The van der Waals surface area contributed by atoms with Crippen LogP contribution in [0.4, 0.5) is 0 Å². The van der Waals surface area contributed by atoms with E-state index in [-0.39, 0.29) is 5.56 Å². The van der Waals surface area contributed by atoms with Crippen LogP contribution in [-0.2, 0) is 13.0 Å². The van der Waals surface area contributed by atoms with E-state index in [1.165, 1.54) is 21.7 Å². The van der Waals surface area contributed by atoms with Gasteiger partial charge < -0.3 is 4.98 Å². The second-order valence-electron chi connectivity index (χ2n) is 8.05. The number of hydrogen-bond donors (Lipinski definition) is 1. The SMILES string of the molecule is O=c1c2cc3ccccc3cc2nc2n1CCc1c-2[nH]c2ccc3ccccc3c12. The normalized spacial score (nSPS) is 13.2. The van der Waals surface area contributed by atoms with Gasteiger partial charge in [0.2, 0.25) is 0 Å². The molecule has 4 nitrogen and oxygen atoms in total. The molecule has 1 N–H and O–H groups in total. The highest BCUT2D eigenvalue weighted by Crippen LogP contribution is 2.37. The Morgan fingerprint density at radius 3 is 2.47 bits per heavy atom. The molecule has 142 valence electrons. The van der Waals surface area contributed by atoms with E-state index in [1.807, 2.05) is 34.9 Å². The topological polar surface area (TPSA) is 50.7 Å². The van der Waals surface area contributed by atoms with E-state index in [0.29, 0.717) is 11.9 Å². The van der Waals surface area contributed by atoms with Crippen LogP contribution in [0.25, 0.3) is 54.9 Å². The van der Waals surface area contributed by atoms with Crippen molar-refractivity contribution in [3.8, 4) is 11.5 Å². The fourth-order valence-corrected chi connectivity index (χ4v) is 5.01. The minimum Gasteiger partial charge on any atom is -0.352 e. The van der Waals surface area contributed by atoms with Gasteiger partial charge in [-0.3, -0.25) is 9.36 Å². The number of nitrogens with zero attached hydrogens (tertiary/aromatic N) is 2. The molecule has 0 aliphatic carbocycles. The largest absolute Gasteiger partial charge is 0.352 e. The van der Waals surface area contributed by atoms with Crippen molar-refractivity contribution in [2.45, 2.75) is 13.0 Å². The van der Waals surface area contributed by atoms with Crippen LogP contribution in [0.1, 0.15) is 5.56 Å². The van der Waals surface area contributed by atoms with Crippen molar-refractivity contribution in [1.29, 1.82) is 0 Å². The molecule has 0 fully saturated rings. The summed E-state index contributed by atoms with van der Waals surface area (Å²) in [5.41, 5.74) is 4.12. The highest BCUT2D eigenvalue weighted by Gasteiger charge is 2.25. The van der Waals surface area contributed by atoms with Crippen LogP contribution in [-0.4, -0.2) is 14.5 Å². The third-order valence-corrected chi connectivity index (χ3v) is 6.42. The Bertz CT molecular complexity index is 1720. The third-order valence-electron chi connectivity index (χ3n) is 6.42. The summed E-state index contributed by atoms with van der Waals surface area (Å²) in [6, 6.07) is 24.9. The first kappa shape index (κ1) is 15.9. The average molecular weight is 387 g/mol. The Labute approximate surface area is 171 Å². The Hall–Kier alpha value is -3.92. The second kappa shape index (κ2) is 5.57. The average Bonchev–Trinajstić information content (AvgIpc) is 3.18. The zero-order chi connectivity index (χ0) is 19.8. The van der Waals surface area contributed by atoms with Crippen molar-refractivity contribution in [1.82, 2.24) is 14.5 Å².